The van der Waals surface area contributed by atoms with Crippen molar-refractivity contribution in [3.8, 4) is 5.75 Å². The van der Waals surface area contributed by atoms with Crippen molar-refractivity contribution >= 4 is 23.5 Å². The van der Waals surface area contributed by atoms with Crippen molar-refractivity contribution in [2.45, 2.75) is 45.3 Å². The van der Waals surface area contributed by atoms with Gasteiger partial charge in [-0.25, -0.2) is 0 Å². The van der Waals surface area contributed by atoms with E-state index in [0.29, 0.717) is 23.6 Å². The zero-order chi connectivity index (χ0) is 24.3. The Bertz CT molecular complexity index is 1190. The second-order valence-electron chi connectivity index (χ2n) is 9.21. The SMILES string of the molecule is Cc1ccc(CN(CCC(=O)O)C(=O)c2ccc3c(c2)CC(C)(Cc2ccc(Cl)cc2)O3)cc1. The Labute approximate surface area is 204 Å². The van der Waals surface area contributed by atoms with Gasteiger partial charge in [-0.3, -0.25) is 9.59 Å². The fourth-order valence-electron chi connectivity index (χ4n) is 4.37. The van der Waals surface area contributed by atoms with Gasteiger partial charge in [-0.2, -0.15) is 0 Å². The molecular formula is C28H28ClNO4. The van der Waals surface area contributed by atoms with Crippen LogP contribution in [0.1, 0.15) is 46.0 Å². The summed E-state index contributed by atoms with van der Waals surface area (Å²) in [4.78, 5) is 26.2. The molecule has 0 aromatic heterocycles. The summed E-state index contributed by atoms with van der Waals surface area (Å²) in [6.07, 6.45) is 1.30. The molecule has 1 unspecified atom stereocenters. The minimum Gasteiger partial charge on any atom is -0.487 e. The molecular weight excluding hydrogens is 450 g/mol. The van der Waals surface area contributed by atoms with Crippen molar-refractivity contribution < 1.29 is 19.4 Å². The molecule has 4 rings (SSSR count). The van der Waals surface area contributed by atoms with E-state index in [-0.39, 0.29) is 18.9 Å². The van der Waals surface area contributed by atoms with E-state index in [1.807, 2.05) is 67.6 Å². The summed E-state index contributed by atoms with van der Waals surface area (Å²) in [7, 11) is 0. The predicted molar refractivity (Wildman–Crippen MR) is 133 cm³/mol. The lowest BCUT2D eigenvalue weighted by atomic mass is 9.91. The number of ether oxygens (including phenoxy) is 1. The Balaban J connectivity index is 1.51. The fourth-order valence-corrected chi connectivity index (χ4v) is 4.49. The molecule has 0 fully saturated rings. The van der Waals surface area contributed by atoms with Crippen LogP contribution in [0.25, 0.3) is 0 Å². The number of fused-ring (bicyclic) bond motifs is 1. The highest BCUT2D eigenvalue weighted by Crippen LogP contribution is 2.37. The van der Waals surface area contributed by atoms with E-state index in [1.54, 1.807) is 11.0 Å². The van der Waals surface area contributed by atoms with Crippen LogP contribution in [0.15, 0.2) is 66.7 Å². The van der Waals surface area contributed by atoms with E-state index in [0.717, 1.165) is 34.4 Å². The van der Waals surface area contributed by atoms with Crippen LogP contribution < -0.4 is 4.74 Å². The molecule has 0 radical (unpaired) electrons. The average molecular weight is 478 g/mol. The van der Waals surface area contributed by atoms with Crippen molar-refractivity contribution in [1.82, 2.24) is 4.90 Å². The van der Waals surface area contributed by atoms with Gasteiger partial charge in [0, 0.05) is 36.5 Å². The molecule has 1 heterocycles. The molecule has 0 spiro atoms. The lowest BCUT2D eigenvalue weighted by Gasteiger charge is -2.24. The number of benzene rings is 3. The number of carbonyl (C=O) groups is 2. The number of amides is 1. The largest absolute Gasteiger partial charge is 0.487 e. The van der Waals surface area contributed by atoms with Gasteiger partial charge in [-0.05, 0) is 60.9 Å². The molecule has 5 nitrogen and oxygen atoms in total. The van der Waals surface area contributed by atoms with Gasteiger partial charge in [0.15, 0.2) is 0 Å². The average Bonchev–Trinajstić information content (AvgIpc) is 3.13. The van der Waals surface area contributed by atoms with E-state index >= 15 is 0 Å². The molecule has 176 valence electrons. The molecule has 0 saturated carbocycles. The first-order chi connectivity index (χ1) is 16.2. The summed E-state index contributed by atoms with van der Waals surface area (Å²) in [5, 5.41) is 9.88. The second kappa shape index (κ2) is 9.90. The highest BCUT2D eigenvalue weighted by molar-refractivity contribution is 6.30. The third-order valence-corrected chi connectivity index (χ3v) is 6.35. The van der Waals surface area contributed by atoms with Gasteiger partial charge < -0.3 is 14.7 Å². The number of hydrogen-bond donors (Lipinski definition) is 1. The third-order valence-electron chi connectivity index (χ3n) is 6.10. The summed E-state index contributed by atoms with van der Waals surface area (Å²) >= 11 is 6.01. The first kappa shape index (κ1) is 23.8. The molecule has 3 aromatic rings. The van der Waals surface area contributed by atoms with Crippen LogP contribution in [0.2, 0.25) is 5.02 Å². The zero-order valence-electron chi connectivity index (χ0n) is 19.4. The highest BCUT2D eigenvalue weighted by atomic mass is 35.5. The quantitative estimate of drug-likeness (QED) is 0.451. The second-order valence-corrected chi connectivity index (χ2v) is 9.65. The summed E-state index contributed by atoms with van der Waals surface area (Å²) in [5.41, 5.74) is 4.33. The van der Waals surface area contributed by atoms with Crippen LogP contribution in [0.4, 0.5) is 0 Å². The molecule has 1 N–H and O–H groups in total. The van der Waals surface area contributed by atoms with Gasteiger partial charge in [0.2, 0.25) is 0 Å². The summed E-state index contributed by atoms with van der Waals surface area (Å²) < 4.78 is 6.27. The van der Waals surface area contributed by atoms with Crippen molar-refractivity contribution in [1.29, 1.82) is 0 Å². The smallest absolute Gasteiger partial charge is 0.305 e. The van der Waals surface area contributed by atoms with Crippen LogP contribution in [-0.2, 0) is 24.2 Å². The van der Waals surface area contributed by atoms with Gasteiger partial charge in [0.1, 0.15) is 11.4 Å². The highest BCUT2D eigenvalue weighted by Gasteiger charge is 2.35. The molecule has 34 heavy (non-hydrogen) atoms. The Morgan fingerprint density at radius 3 is 2.38 bits per heavy atom. The normalized spacial score (nSPS) is 16.6. The van der Waals surface area contributed by atoms with Crippen molar-refractivity contribution in [2.75, 3.05) is 6.54 Å². The minimum absolute atomic E-state index is 0.106. The number of carbonyl (C=O) groups excluding carboxylic acids is 1. The molecule has 3 aromatic carbocycles. The molecule has 1 atom stereocenters. The Hall–Kier alpha value is -3.31. The van der Waals surface area contributed by atoms with Crippen molar-refractivity contribution in [3.63, 3.8) is 0 Å². The van der Waals surface area contributed by atoms with E-state index in [1.165, 1.54) is 0 Å². The Kier molecular flexibility index (Phi) is 6.94. The van der Waals surface area contributed by atoms with Crippen LogP contribution in [0, 0.1) is 6.92 Å². The van der Waals surface area contributed by atoms with Gasteiger partial charge in [0.25, 0.3) is 5.91 Å². The van der Waals surface area contributed by atoms with Crippen molar-refractivity contribution in [2.24, 2.45) is 0 Å². The van der Waals surface area contributed by atoms with E-state index in [2.05, 4.69) is 6.92 Å². The van der Waals surface area contributed by atoms with Gasteiger partial charge in [-0.15, -0.1) is 0 Å². The minimum atomic E-state index is -0.929. The van der Waals surface area contributed by atoms with Crippen LogP contribution in [0.3, 0.4) is 0 Å². The van der Waals surface area contributed by atoms with Gasteiger partial charge >= 0.3 is 5.97 Å². The monoisotopic (exact) mass is 477 g/mol. The molecule has 1 aliphatic rings. The number of carboxylic acids is 1. The van der Waals surface area contributed by atoms with Gasteiger partial charge in [-0.1, -0.05) is 53.6 Å². The maximum absolute atomic E-state index is 13.4. The molecule has 1 aliphatic heterocycles. The predicted octanol–water partition coefficient (Wildman–Crippen LogP) is 5.70. The molecule has 1 amide bonds. The van der Waals surface area contributed by atoms with E-state index < -0.39 is 11.6 Å². The standard InChI is InChI=1S/C28H28ClNO4/c1-19-3-5-21(6-4-19)18-30(14-13-26(31)32)27(33)22-9-12-25-23(15-22)17-28(2,34-25)16-20-7-10-24(29)11-8-20/h3-12,15H,13-14,16-18H2,1-2H3,(H,31,32). The topological polar surface area (TPSA) is 66.8 Å². The van der Waals surface area contributed by atoms with Gasteiger partial charge in [0.05, 0.1) is 6.42 Å². The maximum Gasteiger partial charge on any atom is 0.305 e. The molecule has 0 bridgehead atoms. The first-order valence-corrected chi connectivity index (χ1v) is 11.7. The lowest BCUT2D eigenvalue weighted by Crippen LogP contribution is -2.33. The Morgan fingerprint density at radius 1 is 1.03 bits per heavy atom. The lowest BCUT2D eigenvalue weighted by molar-refractivity contribution is -0.137. The number of hydrogen-bond acceptors (Lipinski definition) is 3. The number of aryl methyl sites for hydroxylation is 1. The van der Waals surface area contributed by atoms with E-state index in [9.17, 15) is 14.7 Å². The number of carboxylic acid groups (broad SMARTS) is 1. The summed E-state index contributed by atoms with van der Waals surface area (Å²) in [6.45, 7) is 4.57. The van der Waals surface area contributed by atoms with E-state index in [4.69, 9.17) is 16.3 Å². The van der Waals surface area contributed by atoms with Crippen LogP contribution >= 0.6 is 11.6 Å². The van der Waals surface area contributed by atoms with Crippen LogP contribution in [-0.4, -0.2) is 34.0 Å². The number of nitrogens with zero attached hydrogens (tertiary/aromatic N) is 1. The zero-order valence-corrected chi connectivity index (χ0v) is 20.1. The Morgan fingerprint density at radius 2 is 1.71 bits per heavy atom. The fraction of sp³-hybridized carbons (Fsp3) is 0.286. The van der Waals surface area contributed by atoms with Crippen molar-refractivity contribution in [3.05, 3.63) is 99.6 Å². The summed E-state index contributed by atoms with van der Waals surface area (Å²) in [5.74, 6) is -0.332. The first-order valence-electron chi connectivity index (χ1n) is 11.3. The molecule has 6 heteroatoms. The third kappa shape index (κ3) is 5.78. The number of rotatable bonds is 8. The number of halogens is 1. The maximum atomic E-state index is 13.4. The molecule has 0 aliphatic carbocycles. The number of aliphatic carboxylic acids is 1. The van der Waals surface area contributed by atoms with Crippen LogP contribution in [0.5, 0.6) is 5.75 Å². The summed E-state index contributed by atoms with van der Waals surface area (Å²) in [6, 6.07) is 21.2. The molecule has 0 saturated heterocycles.